The molecule has 17 heavy (non-hydrogen) atoms. The number of nitrogens with one attached hydrogen (secondary N) is 1. The molecule has 2 unspecified atom stereocenters. The van der Waals surface area contributed by atoms with Gasteiger partial charge in [-0.2, -0.15) is 0 Å². The average Bonchev–Trinajstić information content (AvgIpc) is 3.13. The zero-order valence-electron chi connectivity index (χ0n) is 11.6. The van der Waals surface area contributed by atoms with Crippen LogP contribution in [0.2, 0.25) is 0 Å². The number of nitrogens with zero attached hydrogens (tertiary/aromatic N) is 1. The Balaban J connectivity index is 1.61. The maximum atomic E-state index is 5.79. The van der Waals surface area contributed by atoms with Crippen molar-refractivity contribution in [2.45, 2.75) is 57.7 Å². The number of rotatable bonds is 6. The Morgan fingerprint density at radius 3 is 2.71 bits per heavy atom. The summed E-state index contributed by atoms with van der Waals surface area (Å²) in [6.07, 6.45) is 5.63. The second-order valence-corrected chi connectivity index (χ2v) is 6.04. The molecule has 3 heteroatoms. The minimum atomic E-state index is 0.461. The summed E-state index contributed by atoms with van der Waals surface area (Å²) in [6, 6.07) is 1.55. The molecule has 0 aromatic carbocycles. The lowest BCUT2D eigenvalue weighted by molar-refractivity contribution is -0.0244. The summed E-state index contributed by atoms with van der Waals surface area (Å²) < 4.78 is 5.79. The van der Waals surface area contributed by atoms with E-state index in [4.69, 9.17) is 4.74 Å². The lowest BCUT2D eigenvalue weighted by atomic mass is 9.95. The Labute approximate surface area is 106 Å². The van der Waals surface area contributed by atoms with Crippen LogP contribution in [0.15, 0.2) is 0 Å². The highest BCUT2D eigenvalue weighted by atomic mass is 16.5. The van der Waals surface area contributed by atoms with Crippen LogP contribution < -0.4 is 5.32 Å². The second-order valence-electron chi connectivity index (χ2n) is 6.04. The van der Waals surface area contributed by atoms with E-state index in [1.54, 1.807) is 0 Å². The number of hydrogen-bond acceptors (Lipinski definition) is 3. The first-order valence-corrected chi connectivity index (χ1v) is 7.22. The molecule has 100 valence electrons. The first-order valence-electron chi connectivity index (χ1n) is 7.22. The van der Waals surface area contributed by atoms with Crippen molar-refractivity contribution >= 4 is 0 Å². The third-order valence-corrected chi connectivity index (χ3v) is 4.13. The molecule has 0 radical (unpaired) electrons. The molecule has 2 atom stereocenters. The Kier molecular flexibility index (Phi) is 4.83. The molecule has 3 nitrogen and oxygen atoms in total. The number of ether oxygens (including phenoxy) is 1. The topological polar surface area (TPSA) is 24.5 Å². The summed E-state index contributed by atoms with van der Waals surface area (Å²) in [7, 11) is 2.25. The Bertz CT molecular complexity index is 228. The van der Waals surface area contributed by atoms with Gasteiger partial charge in [0, 0.05) is 31.8 Å². The lowest BCUT2D eigenvalue weighted by Crippen LogP contribution is -2.43. The van der Waals surface area contributed by atoms with Crippen molar-refractivity contribution in [3.05, 3.63) is 0 Å². The molecule has 0 spiro atoms. The fourth-order valence-corrected chi connectivity index (χ4v) is 2.62. The van der Waals surface area contributed by atoms with Gasteiger partial charge in [-0.1, -0.05) is 13.8 Å². The van der Waals surface area contributed by atoms with Gasteiger partial charge in [0.05, 0.1) is 6.10 Å². The maximum absolute atomic E-state index is 5.79. The SMILES string of the molecule is CC(C)C1CC(NCCN(C)C2CC2)CCO1. The lowest BCUT2D eigenvalue weighted by Gasteiger charge is -2.32. The van der Waals surface area contributed by atoms with Gasteiger partial charge in [-0.25, -0.2) is 0 Å². The van der Waals surface area contributed by atoms with Crippen LogP contribution in [0.5, 0.6) is 0 Å². The highest BCUT2D eigenvalue weighted by Gasteiger charge is 2.27. The molecule has 1 heterocycles. The Morgan fingerprint density at radius 1 is 1.29 bits per heavy atom. The van der Waals surface area contributed by atoms with Gasteiger partial charge in [0.2, 0.25) is 0 Å². The fourth-order valence-electron chi connectivity index (χ4n) is 2.62. The van der Waals surface area contributed by atoms with Crippen molar-refractivity contribution in [3.63, 3.8) is 0 Å². The Morgan fingerprint density at radius 2 is 2.06 bits per heavy atom. The molecule has 0 aromatic heterocycles. The fraction of sp³-hybridized carbons (Fsp3) is 1.00. The van der Waals surface area contributed by atoms with Crippen LogP contribution in [-0.4, -0.2) is 49.8 Å². The molecule has 1 aliphatic heterocycles. The van der Waals surface area contributed by atoms with Crippen molar-refractivity contribution in [2.75, 3.05) is 26.7 Å². The molecule has 1 saturated heterocycles. The zero-order chi connectivity index (χ0) is 12.3. The van der Waals surface area contributed by atoms with Gasteiger partial charge in [0.25, 0.3) is 0 Å². The van der Waals surface area contributed by atoms with Crippen LogP contribution in [0.3, 0.4) is 0 Å². The van der Waals surface area contributed by atoms with E-state index >= 15 is 0 Å². The summed E-state index contributed by atoms with van der Waals surface area (Å²) in [5, 5.41) is 3.70. The zero-order valence-corrected chi connectivity index (χ0v) is 11.6. The summed E-state index contributed by atoms with van der Waals surface area (Å²) in [5.74, 6) is 0.647. The second kappa shape index (κ2) is 6.17. The van der Waals surface area contributed by atoms with E-state index in [1.165, 1.54) is 32.2 Å². The summed E-state index contributed by atoms with van der Waals surface area (Å²) >= 11 is 0. The quantitative estimate of drug-likeness (QED) is 0.767. The largest absolute Gasteiger partial charge is 0.378 e. The molecule has 2 rings (SSSR count). The van der Waals surface area contributed by atoms with Crippen LogP contribution in [-0.2, 0) is 4.74 Å². The minimum Gasteiger partial charge on any atom is -0.378 e. The molecular weight excluding hydrogens is 212 g/mol. The minimum absolute atomic E-state index is 0.461. The van der Waals surface area contributed by atoms with Crippen LogP contribution >= 0.6 is 0 Å². The van der Waals surface area contributed by atoms with Crippen molar-refractivity contribution in [1.82, 2.24) is 10.2 Å². The predicted octanol–water partition coefficient (Wildman–Crippen LogP) is 1.87. The normalized spacial score (nSPS) is 30.2. The molecule has 2 aliphatic rings. The van der Waals surface area contributed by atoms with Crippen molar-refractivity contribution in [2.24, 2.45) is 5.92 Å². The van der Waals surface area contributed by atoms with E-state index in [0.29, 0.717) is 18.1 Å². The van der Waals surface area contributed by atoms with Crippen LogP contribution in [0.4, 0.5) is 0 Å². The van der Waals surface area contributed by atoms with Gasteiger partial charge in [-0.05, 0) is 38.6 Å². The van der Waals surface area contributed by atoms with Gasteiger partial charge < -0.3 is 15.0 Å². The molecular formula is C14H28N2O. The molecule has 0 amide bonds. The van der Waals surface area contributed by atoms with E-state index < -0.39 is 0 Å². The smallest absolute Gasteiger partial charge is 0.0612 e. The van der Waals surface area contributed by atoms with E-state index in [2.05, 4.69) is 31.1 Å². The van der Waals surface area contributed by atoms with Gasteiger partial charge in [0.1, 0.15) is 0 Å². The number of hydrogen-bond donors (Lipinski definition) is 1. The van der Waals surface area contributed by atoms with E-state index in [1.807, 2.05) is 0 Å². The highest BCUT2D eigenvalue weighted by Crippen LogP contribution is 2.24. The summed E-state index contributed by atoms with van der Waals surface area (Å²) in [4.78, 5) is 2.49. The monoisotopic (exact) mass is 240 g/mol. The van der Waals surface area contributed by atoms with Gasteiger partial charge in [-0.3, -0.25) is 0 Å². The standard InChI is InChI=1S/C14H28N2O/c1-11(2)14-10-12(6-9-17-14)15-7-8-16(3)13-4-5-13/h11-15H,4-10H2,1-3H3. The molecule has 1 saturated carbocycles. The van der Waals surface area contributed by atoms with Crippen molar-refractivity contribution in [1.29, 1.82) is 0 Å². The first kappa shape index (κ1) is 13.3. The molecule has 0 aromatic rings. The summed E-state index contributed by atoms with van der Waals surface area (Å²) in [6.45, 7) is 7.76. The van der Waals surface area contributed by atoms with Crippen molar-refractivity contribution < 1.29 is 4.74 Å². The van der Waals surface area contributed by atoms with E-state index in [0.717, 1.165) is 19.2 Å². The third-order valence-electron chi connectivity index (χ3n) is 4.13. The van der Waals surface area contributed by atoms with E-state index in [-0.39, 0.29) is 0 Å². The van der Waals surface area contributed by atoms with Crippen LogP contribution in [0, 0.1) is 5.92 Å². The molecule has 1 N–H and O–H groups in total. The van der Waals surface area contributed by atoms with Crippen LogP contribution in [0.1, 0.15) is 39.5 Å². The first-order chi connectivity index (χ1) is 8.16. The maximum Gasteiger partial charge on any atom is 0.0612 e. The number of likely N-dealkylation sites (N-methyl/N-ethyl adjacent to an activating group) is 1. The van der Waals surface area contributed by atoms with Gasteiger partial charge in [0.15, 0.2) is 0 Å². The highest BCUT2D eigenvalue weighted by molar-refractivity contribution is 4.83. The predicted molar refractivity (Wildman–Crippen MR) is 71.3 cm³/mol. The molecule has 1 aliphatic carbocycles. The third kappa shape index (κ3) is 4.23. The van der Waals surface area contributed by atoms with Crippen molar-refractivity contribution in [3.8, 4) is 0 Å². The molecule has 0 bridgehead atoms. The van der Waals surface area contributed by atoms with Crippen LogP contribution in [0.25, 0.3) is 0 Å². The molecule has 2 fully saturated rings. The van der Waals surface area contributed by atoms with E-state index in [9.17, 15) is 0 Å². The van der Waals surface area contributed by atoms with Gasteiger partial charge in [-0.15, -0.1) is 0 Å². The average molecular weight is 240 g/mol. The summed E-state index contributed by atoms with van der Waals surface area (Å²) in [5.41, 5.74) is 0. The van der Waals surface area contributed by atoms with Gasteiger partial charge >= 0.3 is 0 Å². The Hall–Kier alpha value is -0.120.